The molecule has 0 unspecified atom stereocenters. The Balaban J connectivity index is 2.36. The Hall–Kier alpha value is -1.73. The van der Waals surface area contributed by atoms with Gasteiger partial charge in [0.25, 0.3) is 10.0 Å². The molecule has 0 bridgehead atoms. The zero-order chi connectivity index (χ0) is 14.0. The molecule has 1 aromatic heterocycles. The first kappa shape index (κ1) is 13.7. The highest BCUT2D eigenvalue weighted by atomic mass is 35.5. The van der Waals surface area contributed by atoms with Crippen LogP contribution in [0.4, 0.5) is 10.1 Å². The first-order valence-corrected chi connectivity index (χ1v) is 7.01. The monoisotopic (exact) mass is 301 g/mol. The topological polar surface area (TPSA) is 72.0 Å². The second-order valence-corrected chi connectivity index (χ2v) is 5.77. The van der Waals surface area contributed by atoms with Crippen molar-refractivity contribution in [2.45, 2.75) is 11.8 Å². The van der Waals surface area contributed by atoms with Crippen molar-refractivity contribution in [3.8, 4) is 0 Å². The molecule has 0 saturated carbocycles. The molecule has 0 aliphatic heterocycles. The molecule has 0 aliphatic rings. The Morgan fingerprint density at radius 2 is 1.89 bits per heavy atom. The van der Waals surface area contributed by atoms with E-state index in [4.69, 9.17) is 11.6 Å². The number of hydrogen-bond acceptors (Lipinski definition) is 4. The highest BCUT2D eigenvalue weighted by Gasteiger charge is 2.16. The predicted octanol–water partition coefficient (Wildman–Crippen LogP) is 2.38. The van der Waals surface area contributed by atoms with E-state index < -0.39 is 15.8 Å². The Bertz CT molecular complexity index is 704. The van der Waals surface area contributed by atoms with Gasteiger partial charge in [-0.15, -0.1) is 0 Å². The molecule has 5 nitrogen and oxygen atoms in total. The minimum Gasteiger partial charge on any atom is -0.279 e. The van der Waals surface area contributed by atoms with Crippen LogP contribution in [0.1, 0.15) is 5.56 Å². The third kappa shape index (κ3) is 3.18. The van der Waals surface area contributed by atoms with Crippen LogP contribution in [0, 0.1) is 12.7 Å². The zero-order valence-electron chi connectivity index (χ0n) is 9.76. The Kier molecular flexibility index (Phi) is 3.68. The molecule has 0 spiro atoms. The molecule has 2 rings (SSSR count). The van der Waals surface area contributed by atoms with Crippen LogP contribution in [0.3, 0.4) is 0 Å². The van der Waals surface area contributed by atoms with Crippen molar-refractivity contribution in [1.29, 1.82) is 0 Å². The predicted molar refractivity (Wildman–Crippen MR) is 69.0 cm³/mol. The van der Waals surface area contributed by atoms with Gasteiger partial charge in [0.1, 0.15) is 10.7 Å². The maximum Gasteiger partial charge on any atom is 0.264 e. The van der Waals surface area contributed by atoms with Gasteiger partial charge in [-0.1, -0.05) is 6.07 Å². The van der Waals surface area contributed by atoms with Gasteiger partial charge in [-0.3, -0.25) is 4.72 Å². The average molecular weight is 302 g/mol. The molecule has 0 amide bonds. The second-order valence-electron chi connectivity index (χ2n) is 3.75. The highest BCUT2D eigenvalue weighted by molar-refractivity contribution is 7.92. The van der Waals surface area contributed by atoms with E-state index in [1.165, 1.54) is 12.1 Å². The van der Waals surface area contributed by atoms with E-state index >= 15 is 0 Å². The molecule has 1 aromatic carbocycles. The van der Waals surface area contributed by atoms with E-state index in [2.05, 4.69) is 14.7 Å². The summed E-state index contributed by atoms with van der Waals surface area (Å²) in [6.45, 7) is 1.66. The number of aromatic nitrogens is 2. The van der Waals surface area contributed by atoms with Gasteiger partial charge in [-0.05, 0) is 36.2 Å². The van der Waals surface area contributed by atoms with Gasteiger partial charge in [-0.25, -0.2) is 22.8 Å². The molecule has 8 heteroatoms. The lowest BCUT2D eigenvalue weighted by molar-refractivity contribution is 0.600. The van der Waals surface area contributed by atoms with Crippen molar-refractivity contribution in [3.05, 3.63) is 47.3 Å². The molecule has 1 heterocycles. The number of nitrogens with zero attached hydrogens (tertiary/aromatic N) is 2. The molecule has 0 atom stereocenters. The Labute approximate surface area is 114 Å². The van der Waals surface area contributed by atoms with E-state index in [1.54, 1.807) is 6.92 Å². The van der Waals surface area contributed by atoms with Crippen LogP contribution in [0.25, 0.3) is 0 Å². The molecule has 0 radical (unpaired) electrons. The number of nitrogens with one attached hydrogen (secondary N) is 1. The molecule has 100 valence electrons. The summed E-state index contributed by atoms with van der Waals surface area (Å²) in [6, 6.07) is 3.83. The first-order valence-electron chi connectivity index (χ1n) is 5.15. The highest BCUT2D eigenvalue weighted by Crippen LogP contribution is 2.20. The fourth-order valence-corrected chi connectivity index (χ4v) is 2.45. The number of hydrogen-bond donors (Lipinski definition) is 1. The largest absolute Gasteiger partial charge is 0.279 e. The standard InChI is InChI=1S/C11H9ClFN3O2S/c1-7-2-3-8(13)4-10(7)16-19(17,18)9-5-14-11(12)15-6-9/h2-6,16H,1H3. The number of aryl methyl sites for hydroxylation is 1. The summed E-state index contributed by atoms with van der Waals surface area (Å²) in [4.78, 5) is 7.02. The number of benzene rings is 1. The average Bonchev–Trinajstić information content (AvgIpc) is 2.34. The second kappa shape index (κ2) is 5.10. The zero-order valence-corrected chi connectivity index (χ0v) is 11.3. The van der Waals surface area contributed by atoms with Crippen molar-refractivity contribution in [1.82, 2.24) is 9.97 Å². The third-order valence-corrected chi connectivity index (χ3v) is 3.87. The van der Waals surface area contributed by atoms with E-state index in [1.807, 2.05) is 0 Å². The molecule has 0 fully saturated rings. The van der Waals surface area contributed by atoms with E-state index in [0.717, 1.165) is 18.5 Å². The molecule has 19 heavy (non-hydrogen) atoms. The lowest BCUT2D eigenvalue weighted by Crippen LogP contribution is -2.14. The van der Waals surface area contributed by atoms with Crippen LogP contribution in [-0.2, 0) is 10.0 Å². The Morgan fingerprint density at radius 3 is 2.53 bits per heavy atom. The molecule has 1 N–H and O–H groups in total. The number of rotatable bonds is 3. The van der Waals surface area contributed by atoms with Gasteiger partial charge in [0, 0.05) is 0 Å². The van der Waals surface area contributed by atoms with Crippen LogP contribution in [0.2, 0.25) is 5.28 Å². The van der Waals surface area contributed by atoms with E-state index in [0.29, 0.717) is 5.56 Å². The normalized spacial score (nSPS) is 11.3. The van der Waals surface area contributed by atoms with Crippen LogP contribution in [0.5, 0.6) is 0 Å². The Morgan fingerprint density at radius 1 is 1.26 bits per heavy atom. The van der Waals surface area contributed by atoms with E-state index in [-0.39, 0.29) is 15.9 Å². The van der Waals surface area contributed by atoms with Crippen LogP contribution in [-0.4, -0.2) is 18.4 Å². The van der Waals surface area contributed by atoms with Gasteiger partial charge in [0.05, 0.1) is 18.1 Å². The molecule has 0 aliphatic carbocycles. The summed E-state index contributed by atoms with van der Waals surface area (Å²) < 4.78 is 39.4. The summed E-state index contributed by atoms with van der Waals surface area (Å²) in [7, 11) is -3.87. The van der Waals surface area contributed by atoms with E-state index in [9.17, 15) is 12.8 Å². The van der Waals surface area contributed by atoms with Crippen molar-refractivity contribution < 1.29 is 12.8 Å². The van der Waals surface area contributed by atoms with Gasteiger partial charge >= 0.3 is 0 Å². The van der Waals surface area contributed by atoms with Gasteiger partial charge in [-0.2, -0.15) is 0 Å². The maximum absolute atomic E-state index is 13.1. The first-order chi connectivity index (χ1) is 8.88. The van der Waals surface area contributed by atoms with Crippen molar-refractivity contribution >= 4 is 27.3 Å². The minimum absolute atomic E-state index is 0.0547. The van der Waals surface area contributed by atoms with Gasteiger partial charge in [0.2, 0.25) is 5.28 Å². The molecular weight excluding hydrogens is 293 g/mol. The summed E-state index contributed by atoms with van der Waals surface area (Å²) >= 11 is 5.48. The number of anilines is 1. The number of sulfonamides is 1. The summed E-state index contributed by atoms with van der Waals surface area (Å²) in [5.74, 6) is -0.532. The quantitative estimate of drug-likeness (QED) is 0.884. The third-order valence-electron chi connectivity index (χ3n) is 2.35. The summed E-state index contributed by atoms with van der Waals surface area (Å²) in [6.07, 6.45) is 2.15. The fraction of sp³-hybridized carbons (Fsp3) is 0.0909. The van der Waals surface area contributed by atoms with Crippen LogP contribution in [0.15, 0.2) is 35.5 Å². The molecule has 0 saturated heterocycles. The van der Waals surface area contributed by atoms with Crippen molar-refractivity contribution in [2.75, 3.05) is 4.72 Å². The van der Waals surface area contributed by atoms with Crippen LogP contribution >= 0.6 is 11.6 Å². The lowest BCUT2D eigenvalue weighted by Gasteiger charge is -2.10. The van der Waals surface area contributed by atoms with Crippen LogP contribution < -0.4 is 4.72 Å². The summed E-state index contributed by atoms with van der Waals surface area (Å²) in [5.41, 5.74) is 0.759. The molecular formula is C11H9ClFN3O2S. The smallest absolute Gasteiger partial charge is 0.264 e. The van der Waals surface area contributed by atoms with Gasteiger partial charge < -0.3 is 0 Å². The summed E-state index contributed by atoms with van der Waals surface area (Å²) in [5, 5.41) is -0.0547. The van der Waals surface area contributed by atoms with Crippen molar-refractivity contribution in [3.63, 3.8) is 0 Å². The van der Waals surface area contributed by atoms with Gasteiger partial charge in [0.15, 0.2) is 0 Å². The maximum atomic E-state index is 13.1. The lowest BCUT2D eigenvalue weighted by atomic mass is 10.2. The number of halogens is 2. The van der Waals surface area contributed by atoms with Crippen molar-refractivity contribution in [2.24, 2.45) is 0 Å². The molecule has 2 aromatic rings. The SMILES string of the molecule is Cc1ccc(F)cc1NS(=O)(=O)c1cnc(Cl)nc1. The minimum atomic E-state index is -3.87. The fourth-order valence-electron chi connectivity index (χ4n) is 1.35.